The molecule has 0 unspecified atom stereocenters. The molecule has 0 N–H and O–H groups in total. The maximum atomic E-state index is 12.8. The number of carbonyl (C=O) groups excluding carboxylic acids is 1. The summed E-state index contributed by atoms with van der Waals surface area (Å²) in [6, 6.07) is 2.51. The first-order valence-electron chi connectivity index (χ1n) is 3.18. The molecule has 0 spiro atoms. The number of hydrogen-bond acceptors (Lipinski definition) is 1. The molecule has 0 aliphatic carbocycles. The minimum absolute atomic E-state index is 0.165. The molecule has 64 valence electrons. The fraction of sp³-hybridized carbons (Fsp3) is 0.125. The second-order valence-electron chi connectivity index (χ2n) is 2.31. The standard InChI is InChI=1S/C8H5Br2FO/c1-4(12)6-2-5(11)3-7(9)8(6)10/h2-3H,1H3. The number of ketones is 1. The van der Waals surface area contributed by atoms with E-state index in [1.165, 1.54) is 19.1 Å². The summed E-state index contributed by atoms with van der Waals surface area (Å²) in [5, 5.41) is 0. The first-order chi connectivity index (χ1) is 5.52. The van der Waals surface area contributed by atoms with Gasteiger partial charge in [-0.1, -0.05) is 0 Å². The predicted molar refractivity (Wildman–Crippen MR) is 51.8 cm³/mol. The molecule has 0 atom stereocenters. The average molecular weight is 296 g/mol. The average Bonchev–Trinajstić information content (AvgIpc) is 1.96. The largest absolute Gasteiger partial charge is 0.294 e. The van der Waals surface area contributed by atoms with Gasteiger partial charge in [0.2, 0.25) is 0 Å². The summed E-state index contributed by atoms with van der Waals surface area (Å²) in [6.45, 7) is 1.39. The van der Waals surface area contributed by atoms with Crippen LogP contribution in [0.3, 0.4) is 0 Å². The van der Waals surface area contributed by atoms with Crippen molar-refractivity contribution in [1.82, 2.24) is 0 Å². The third kappa shape index (κ3) is 1.93. The lowest BCUT2D eigenvalue weighted by molar-refractivity contribution is 0.101. The lowest BCUT2D eigenvalue weighted by atomic mass is 10.1. The summed E-state index contributed by atoms with van der Waals surface area (Å²) in [4.78, 5) is 11.0. The van der Waals surface area contributed by atoms with Crippen molar-refractivity contribution >= 4 is 37.6 Å². The van der Waals surface area contributed by atoms with Gasteiger partial charge in [0.15, 0.2) is 5.78 Å². The number of benzene rings is 1. The van der Waals surface area contributed by atoms with Gasteiger partial charge in [0.1, 0.15) is 5.82 Å². The minimum atomic E-state index is -0.421. The van der Waals surface area contributed by atoms with Crippen LogP contribution in [0, 0.1) is 5.82 Å². The van der Waals surface area contributed by atoms with Crippen LogP contribution in [0.15, 0.2) is 21.1 Å². The van der Waals surface area contributed by atoms with Crippen molar-refractivity contribution in [2.75, 3.05) is 0 Å². The van der Waals surface area contributed by atoms with Gasteiger partial charge in [-0.05, 0) is 50.9 Å². The Labute approximate surface area is 86.2 Å². The number of rotatable bonds is 1. The monoisotopic (exact) mass is 294 g/mol. The Morgan fingerprint density at radius 1 is 1.42 bits per heavy atom. The van der Waals surface area contributed by atoms with Crippen LogP contribution in [0.1, 0.15) is 17.3 Å². The molecular formula is C8H5Br2FO. The second-order valence-corrected chi connectivity index (χ2v) is 3.95. The summed E-state index contributed by atoms with van der Waals surface area (Å²) < 4.78 is 13.9. The second kappa shape index (κ2) is 3.66. The van der Waals surface area contributed by atoms with E-state index in [4.69, 9.17) is 0 Å². The highest BCUT2D eigenvalue weighted by Crippen LogP contribution is 2.28. The summed E-state index contributed by atoms with van der Waals surface area (Å²) in [7, 11) is 0. The Balaban J connectivity index is 3.37. The lowest BCUT2D eigenvalue weighted by Crippen LogP contribution is -1.95. The van der Waals surface area contributed by atoms with Crippen LogP contribution in [-0.2, 0) is 0 Å². The highest BCUT2D eigenvalue weighted by Gasteiger charge is 2.09. The molecule has 12 heavy (non-hydrogen) atoms. The van der Waals surface area contributed by atoms with Crippen LogP contribution in [0.4, 0.5) is 4.39 Å². The van der Waals surface area contributed by atoms with E-state index in [0.717, 1.165) is 0 Å². The van der Waals surface area contributed by atoms with E-state index in [1.807, 2.05) is 0 Å². The summed E-state index contributed by atoms with van der Waals surface area (Å²) in [6.07, 6.45) is 0. The maximum absolute atomic E-state index is 12.8. The summed E-state index contributed by atoms with van der Waals surface area (Å²) in [5.74, 6) is -0.586. The van der Waals surface area contributed by atoms with Crippen molar-refractivity contribution in [2.45, 2.75) is 6.92 Å². The van der Waals surface area contributed by atoms with Crippen molar-refractivity contribution in [1.29, 1.82) is 0 Å². The van der Waals surface area contributed by atoms with Crippen LogP contribution >= 0.6 is 31.9 Å². The summed E-state index contributed by atoms with van der Waals surface area (Å²) in [5.41, 5.74) is 0.349. The number of halogens is 3. The van der Waals surface area contributed by atoms with Crippen LogP contribution in [0.25, 0.3) is 0 Å². The molecule has 0 bridgehead atoms. The molecule has 0 heterocycles. The van der Waals surface area contributed by atoms with E-state index in [2.05, 4.69) is 31.9 Å². The van der Waals surface area contributed by atoms with Crippen LogP contribution in [0.2, 0.25) is 0 Å². The normalized spacial score (nSPS) is 10.0. The number of hydrogen-bond donors (Lipinski definition) is 0. The quantitative estimate of drug-likeness (QED) is 0.572. The van der Waals surface area contributed by atoms with Crippen LogP contribution in [-0.4, -0.2) is 5.78 Å². The van der Waals surface area contributed by atoms with Crippen molar-refractivity contribution in [3.63, 3.8) is 0 Å². The fourth-order valence-corrected chi connectivity index (χ4v) is 1.75. The Morgan fingerprint density at radius 3 is 2.50 bits per heavy atom. The smallest absolute Gasteiger partial charge is 0.161 e. The maximum Gasteiger partial charge on any atom is 0.161 e. The van der Waals surface area contributed by atoms with E-state index in [9.17, 15) is 9.18 Å². The van der Waals surface area contributed by atoms with E-state index >= 15 is 0 Å². The molecule has 0 amide bonds. The van der Waals surface area contributed by atoms with E-state index in [-0.39, 0.29) is 5.78 Å². The molecule has 0 aliphatic rings. The van der Waals surface area contributed by atoms with Crippen molar-refractivity contribution < 1.29 is 9.18 Å². The Hall–Kier alpha value is -0.220. The van der Waals surface area contributed by atoms with Gasteiger partial charge in [0.25, 0.3) is 0 Å². The Bertz CT molecular complexity index is 336. The first kappa shape index (κ1) is 9.86. The molecule has 1 rings (SSSR count). The molecule has 1 nitrogen and oxygen atoms in total. The topological polar surface area (TPSA) is 17.1 Å². The molecule has 0 radical (unpaired) electrons. The minimum Gasteiger partial charge on any atom is -0.294 e. The molecule has 4 heteroatoms. The highest BCUT2D eigenvalue weighted by atomic mass is 79.9. The molecular weight excluding hydrogens is 291 g/mol. The fourth-order valence-electron chi connectivity index (χ4n) is 0.812. The molecule has 0 fully saturated rings. The third-order valence-corrected chi connectivity index (χ3v) is 3.38. The third-order valence-electron chi connectivity index (χ3n) is 1.37. The van der Waals surface area contributed by atoms with Gasteiger partial charge in [-0.3, -0.25) is 4.79 Å². The van der Waals surface area contributed by atoms with Gasteiger partial charge >= 0.3 is 0 Å². The van der Waals surface area contributed by atoms with Gasteiger partial charge < -0.3 is 0 Å². The van der Waals surface area contributed by atoms with Crippen molar-refractivity contribution in [3.05, 3.63) is 32.5 Å². The van der Waals surface area contributed by atoms with Gasteiger partial charge in [-0.2, -0.15) is 0 Å². The van der Waals surface area contributed by atoms with Gasteiger partial charge in [0, 0.05) is 14.5 Å². The molecule has 1 aromatic rings. The number of Topliss-reactive ketones (excluding diaryl/α,β-unsaturated/α-hetero) is 1. The lowest BCUT2D eigenvalue weighted by Gasteiger charge is -2.02. The highest BCUT2D eigenvalue weighted by molar-refractivity contribution is 9.13. The van der Waals surface area contributed by atoms with E-state index in [1.54, 1.807) is 0 Å². The van der Waals surface area contributed by atoms with Crippen LogP contribution < -0.4 is 0 Å². The first-order valence-corrected chi connectivity index (χ1v) is 4.76. The van der Waals surface area contributed by atoms with Gasteiger partial charge in [0.05, 0.1) is 0 Å². The zero-order chi connectivity index (χ0) is 9.30. The van der Waals surface area contributed by atoms with Crippen molar-refractivity contribution in [3.8, 4) is 0 Å². The molecule has 0 saturated heterocycles. The molecule has 0 saturated carbocycles. The predicted octanol–water partition coefficient (Wildman–Crippen LogP) is 3.55. The molecule has 0 aromatic heterocycles. The number of carbonyl (C=O) groups is 1. The van der Waals surface area contributed by atoms with Crippen LogP contribution in [0.5, 0.6) is 0 Å². The molecule has 0 aliphatic heterocycles. The summed E-state index contributed by atoms with van der Waals surface area (Å²) >= 11 is 6.31. The van der Waals surface area contributed by atoms with Gasteiger partial charge in [-0.25, -0.2) is 4.39 Å². The van der Waals surface area contributed by atoms with Gasteiger partial charge in [-0.15, -0.1) is 0 Å². The SMILES string of the molecule is CC(=O)c1cc(F)cc(Br)c1Br. The Kier molecular flexibility index (Phi) is 3.01. The zero-order valence-corrected chi connectivity index (χ0v) is 9.37. The zero-order valence-electron chi connectivity index (χ0n) is 6.20. The van der Waals surface area contributed by atoms with E-state index < -0.39 is 5.82 Å². The van der Waals surface area contributed by atoms with Crippen molar-refractivity contribution in [2.24, 2.45) is 0 Å². The Morgan fingerprint density at radius 2 is 2.00 bits per heavy atom. The molecule has 1 aromatic carbocycles. The van der Waals surface area contributed by atoms with E-state index in [0.29, 0.717) is 14.5 Å².